The van der Waals surface area contributed by atoms with Crippen LogP contribution in [0.25, 0.3) is 0 Å². The maximum Gasteiger partial charge on any atom is 0.258 e. The van der Waals surface area contributed by atoms with E-state index >= 15 is 0 Å². The van der Waals surface area contributed by atoms with E-state index in [-0.39, 0.29) is 11.5 Å². The molecule has 5 nitrogen and oxygen atoms in total. The quantitative estimate of drug-likeness (QED) is 0.906. The molecule has 2 amide bonds. The summed E-state index contributed by atoms with van der Waals surface area (Å²) in [5.74, 6) is -1.27. The monoisotopic (exact) mass is 328 g/mol. The fraction of sp³-hybridized carbons (Fsp3) is 0.222. The van der Waals surface area contributed by atoms with Gasteiger partial charge in [0.25, 0.3) is 11.8 Å². The van der Waals surface area contributed by atoms with Crippen molar-refractivity contribution in [3.63, 3.8) is 0 Å². The highest BCUT2D eigenvalue weighted by Crippen LogP contribution is 2.18. The molecule has 0 aliphatic carbocycles. The lowest BCUT2D eigenvalue weighted by molar-refractivity contribution is -0.124. The molecule has 0 spiro atoms. The average molecular weight is 328 g/mol. The van der Waals surface area contributed by atoms with E-state index in [4.69, 9.17) is 4.74 Å². The Hall–Kier alpha value is -2.73. The lowest BCUT2D eigenvalue weighted by atomic mass is 10.2. The van der Waals surface area contributed by atoms with Crippen molar-refractivity contribution in [2.24, 2.45) is 0 Å². The second kappa shape index (κ2) is 7.23. The minimum Gasteiger partial charge on any atom is -0.368 e. The smallest absolute Gasteiger partial charge is 0.258 e. The zero-order valence-electron chi connectivity index (χ0n) is 12.9. The van der Waals surface area contributed by atoms with E-state index in [1.165, 1.54) is 18.2 Å². The van der Waals surface area contributed by atoms with E-state index in [1.807, 2.05) is 0 Å². The van der Waals surface area contributed by atoms with Crippen LogP contribution in [0.3, 0.4) is 0 Å². The van der Waals surface area contributed by atoms with E-state index in [0.717, 1.165) is 12.8 Å². The number of carbonyl (C=O) groups is 2. The van der Waals surface area contributed by atoms with Gasteiger partial charge >= 0.3 is 0 Å². The zero-order valence-corrected chi connectivity index (χ0v) is 12.9. The second-order valence-electron chi connectivity index (χ2n) is 5.50. The lowest BCUT2D eigenvalue weighted by Crippen LogP contribution is -2.26. The van der Waals surface area contributed by atoms with Crippen LogP contribution in [-0.2, 0) is 9.53 Å². The minimum atomic E-state index is -0.574. The Morgan fingerprint density at radius 3 is 2.29 bits per heavy atom. The van der Waals surface area contributed by atoms with Gasteiger partial charge < -0.3 is 15.4 Å². The highest BCUT2D eigenvalue weighted by atomic mass is 19.1. The third kappa shape index (κ3) is 3.78. The summed E-state index contributed by atoms with van der Waals surface area (Å²) >= 11 is 0. The van der Waals surface area contributed by atoms with E-state index in [2.05, 4.69) is 10.6 Å². The van der Waals surface area contributed by atoms with Crippen molar-refractivity contribution in [2.45, 2.75) is 18.9 Å². The molecule has 1 aliphatic heterocycles. The van der Waals surface area contributed by atoms with E-state index in [1.54, 1.807) is 30.3 Å². The normalized spacial score (nSPS) is 16.6. The summed E-state index contributed by atoms with van der Waals surface area (Å²) in [4.78, 5) is 24.0. The van der Waals surface area contributed by atoms with Gasteiger partial charge in [0.15, 0.2) is 0 Å². The number of hydrogen-bond donors (Lipinski definition) is 2. The summed E-state index contributed by atoms with van der Waals surface area (Å²) in [6.07, 6.45) is 1.22. The Morgan fingerprint density at radius 1 is 1.00 bits per heavy atom. The van der Waals surface area contributed by atoms with E-state index in [0.29, 0.717) is 18.0 Å². The summed E-state index contributed by atoms with van der Waals surface area (Å²) in [6.45, 7) is 0.610. The number of carbonyl (C=O) groups excluding carboxylic acids is 2. The number of hydrogen-bond acceptors (Lipinski definition) is 3. The fourth-order valence-corrected chi connectivity index (χ4v) is 2.49. The summed E-state index contributed by atoms with van der Waals surface area (Å²) in [5.41, 5.74) is 1.10. The maximum atomic E-state index is 13.6. The first-order valence-corrected chi connectivity index (χ1v) is 7.72. The lowest BCUT2D eigenvalue weighted by Gasteiger charge is -2.11. The average Bonchev–Trinajstić information content (AvgIpc) is 3.11. The number of amides is 2. The van der Waals surface area contributed by atoms with E-state index < -0.39 is 17.8 Å². The summed E-state index contributed by atoms with van der Waals surface area (Å²) in [5, 5.41) is 5.39. The topological polar surface area (TPSA) is 67.4 Å². The second-order valence-corrected chi connectivity index (χ2v) is 5.50. The van der Waals surface area contributed by atoms with Gasteiger partial charge in [-0.25, -0.2) is 4.39 Å². The molecule has 0 unspecified atom stereocenters. The van der Waals surface area contributed by atoms with Crippen molar-refractivity contribution in [2.75, 3.05) is 17.2 Å². The number of ether oxygens (including phenoxy) is 1. The van der Waals surface area contributed by atoms with Gasteiger partial charge in [0, 0.05) is 18.0 Å². The molecule has 1 fully saturated rings. The number of nitrogens with one attached hydrogen (secondary N) is 2. The summed E-state index contributed by atoms with van der Waals surface area (Å²) in [6, 6.07) is 12.4. The summed E-state index contributed by atoms with van der Waals surface area (Å²) < 4.78 is 18.9. The van der Waals surface area contributed by atoms with Gasteiger partial charge in [0.1, 0.15) is 11.9 Å². The number of rotatable bonds is 4. The molecular weight excluding hydrogens is 311 g/mol. The molecule has 1 aliphatic rings. The predicted octanol–water partition coefficient (Wildman–Crippen LogP) is 3.20. The van der Waals surface area contributed by atoms with Crippen molar-refractivity contribution >= 4 is 23.2 Å². The van der Waals surface area contributed by atoms with Crippen LogP contribution in [0.2, 0.25) is 0 Å². The van der Waals surface area contributed by atoms with Crippen LogP contribution >= 0.6 is 0 Å². The molecule has 1 atom stereocenters. The Kier molecular flexibility index (Phi) is 4.86. The molecule has 0 bridgehead atoms. The van der Waals surface area contributed by atoms with Crippen LogP contribution in [0.4, 0.5) is 15.8 Å². The number of halogens is 1. The van der Waals surface area contributed by atoms with Gasteiger partial charge in [0.05, 0.1) is 5.56 Å². The minimum absolute atomic E-state index is 0.0201. The molecule has 3 rings (SSSR count). The third-order valence-corrected chi connectivity index (χ3v) is 3.75. The maximum absolute atomic E-state index is 13.6. The standard InChI is InChI=1S/C18H17FN2O3/c19-15-5-2-1-4-14(15)17(22)20-12-7-9-13(10-8-12)21-18(23)16-6-3-11-24-16/h1-2,4-5,7-10,16H,3,6,11H2,(H,20,22)(H,21,23)/t16-/m0/s1. The molecule has 2 N–H and O–H groups in total. The molecule has 0 radical (unpaired) electrons. The fourth-order valence-electron chi connectivity index (χ4n) is 2.49. The number of anilines is 2. The van der Waals surface area contributed by atoms with Crippen LogP contribution in [0.5, 0.6) is 0 Å². The first kappa shape index (κ1) is 16.1. The van der Waals surface area contributed by atoms with Gasteiger partial charge in [0.2, 0.25) is 0 Å². The largest absolute Gasteiger partial charge is 0.368 e. The van der Waals surface area contributed by atoms with Gasteiger partial charge in [-0.05, 0) is 49.2 Å². The predicted molar refractivity (Wildman–Crippen MR) is 88.4 cm³/mol. The zero-order chi connectivity index (χ0) is 16.9. The summed E-state index contributed by atoms with van der Waals surface area (Å²) in [7, 11) is 0. The van der Waals surface area contributed by atoms with Crippen LogP contribution in [0, 0.1) is 5.82 Å². The van der Waals surface area contributed by atoms with Crippen LogP contribution < -0.4 is 10.6 Å². The first-order chi connectivity index (χ1) is 11.6. The van der Waals surface area contributed by atoms with Crippen LogP contribution in [0.15, 0.2) is 48.5 Å². The molecule has 1 heterocycles. The highest BCUT2D eigenvalue weighted by molar-refractivity contribution is 6.04. The molecule has 24 heavy (non-hydrogen) atoms. The van der Waals surface area contributed by atoms with Crippen molar-refractivity contribution in [3.8, 4) is 0 Å². The highest BCUT2D eigenvalue weighted by Gasteiger charge is 2.23. The molecule has 0 aromatic heterocycles. The van der Waals surface area contributed by atoms with Gasteiger partial charge in [-0.2, -0.15) is 0 Å². The van der Waals surface area contributed by atoms with Crippen LogP contribution in [-0.4, -0.2) is 24.5 Å². The van der Waals surface area contributed by atoms with Crippen molar-refractivity contribution in [1.29, 1.82) is 0 Å². The molecule has 0 saturated carbocycles. The Balaban J connectivity index is 1.61. The molecule has 1 saturated heterocycles. The molecule has 2 aromatic rings. The SMILES string of the molecule is O=C(Nc1ccc(NC(=O)[C@@H]2CCCO2)cc1)c1ccccc1F. The molecule has 6 heteroatoms. The Labute approximate surface area is 138 Å². The van der Waals surface area contributed by atoms with E-state index in [9.17, 15) is 14.0 Å². The molecule has 2 aromatic carbocycles. The Bertz CT molecular complexity index is 740. The Morgan fingerprint density at radius 2 is 1.67 bits per heavy atom. The van der Waals surface area contributed by atoms with Gasteiger partial charge in [-0.1, -0.05) is 12.1 Å². The molecular formula is C18H17FN2O3. The van der Waals surface area contributed by atoms with Gasteiger partial charge in [-0.15, -0.1) is 0 Å². The van der Waals surface area contributed by atoms with Crippen LogP contribution in [0.1, 0.15) is 23.2 Å². The van der Waals surface area contributed by atoms with Gasteiger partial charge in [-0.3, -0.25) is 9.59 Å². The number of benzene rings is 2. The van der Waals surface area contributed by atoms with Crippen molar-refractivity contribution in [1.82, 2.24) is 0 Å². The third-order valence-electron chi connectivity index (χ3n) is 3.75. The van der Waals surface area contributed by atoms with Crippen molar-refractivity contribution in [3.05, 3.63) is 59.9 Å². The van der Waals surface area contributed by atoms with Crippen molar-refractivity contribution < 1.29 is 18.7 Å². The first-order valence-electron chi connectivity index (χ1n) is 7.72. The molecule has 124 valence electrons.